The van der Waals surface area contributed by atoms with Gasteiger partial charge in [0.2, 0.25) is 0 Å². The number of ether oxygens (including phenoxy) is 2. The monoisotopic (exact) mass is 460 g/mol. The van der Waals surface area contributed by atoms with Crippen molar-refractivity contribution in [2.45, 2.75) is 51.9 Å². The molecule has 25 heavy (non-hydrogen) atoms. The minimum absolute atomic E-state index is 0.271. The van der Waals surface area contributed by atoms with E-state index in [1.54, 1.807) is 6.07 Å². The number of carbonyl (C=O) groups excluding carboxylic acids is 1. The lowest BCUT2D eigenvalue weighted by molar-refractivity contribution is -0.146. The molecule has 2 saturated carbocycles. The van der Waals surface area contributed by atoms with Crippen LogP contribution < -0.4 is 4.74 Å². The van der Waals surface area contributed by atoms with Gasteiger partial charge in [-0.25, -0.2) is 4.39 Å². The highest BCUT2D eigenvalue weighted by molar-refractivity contribution is 14.1. The first-order valence-electron chi connectivity index (χ1n) is 9.22. The number of benzene rings is 1. The Labute approximate surface area is 162 Å². The molecule has 3 nitrogen and oxygen atoms in total. The van der Waals surface area contributed by atoms with Crippen LogP contribution in [0.5, 0.6) is 5.75 Å². The zero-order valence-electron chi connectivity index (χ0n) is 14.9. The zero-order chi connectivity index (χ0) is 18.0. The number of hydrogen-bond donors (Lipinski definition) is 0. The molecule has 5 heteroatoms. The second-order valence-electron chi connectivity index (χ2n) is 7.81. The third-order valence-corrected chi connectivity index (χ3v) is 5.59. The van der Waals surface area contributed by atoms with Crippen LogP contribution in [0.15, 0.2) is 12.1 Å². The summed E-state index contributed by atoms with van der Waals surface area (Å²) in [7, 11) is 0. The molecule has 0 saturated heterocycles. The quantitative estimate of drug-likeness (QED) is 0.371. The summed E-state index contributed by atoms with van der Waals surface area (Å²) in [6.45, 7) is 5.21. The maximum absolute atomic E-state index is 14.6. The third kappa shape index (κ3) is 5.56. The first kappa shape index (κ1) is 18.9. The highest BCUT2D eigenvalue weighted by atomic mass is 127. The summed E-state index contributed by atoms with van der Waals surface area (Å²) in [5, 5.41) is 0. The van der Waals surface area contributed by atoms with Gasteiger partial charge in [0, 0.05) is 5.56 Å². The van der Waals surface area contributed by atoms with Crippen molar-refractivity contribution >= 4 is 28.6 Å². The smallest absolute Gasteiger partial charge is 0.313 e. The minimum atomic E-state index is -0.570. The van der Waals surface area contributed by atoms with Gasteiger partial charge in [0.1, 0.15) is 11.6 Å². The van der Waals surface area contributed by atoms with Crippen LogP contribution in [-0.2, 0) is 9.53 Å². The molecule has 1 atom stereocenters. The van der Waals surface area contributed by atoms with Crippen molar-refractivity contribution in [3.63, 3.8) is 0 Å². The van der Waals surface area contributed by atoms with Crippen LogP contribution in [0.2, 0.25) is 0 Å². The highest BCUT2D eigenvalue weighted by Gasteiger charge is 2.30. The fourth-order valence-electron chi connectivity index (χ4n) is 2.82. The van der Waals surface area contributed by atoms with Crippen molar-refractivity contribution in [2.75, 3.05) is 13.2 Å². The Balaban J connectivity index is 1.78. The topological polar surface area (TPSA) is 35.5 Å². The molecule has 0 heterocycles. The van der Waals surface area contributed by atoms with E-state index < -0.39 is 5.92 Å². The second-order valence-corrected chi connectivity index (χ2v) is 8.98. The van der Waals surface area contributed by atoms with Gasteiger partial charge < -0.3 is 9.47 Å². The molecule has 0 radical (unpaired) electrons. The summed E-state index contributed by atoms with van der Waals surface area (Å²) in [5.74, 6) is 0.840. The molecule has 0 amide bonds. The number of halogens is 2. The maximum Gasteiger partial charge on any atom is 0.313 e. The maximum atomic E-state index is 14.6. The molecule has 0 N–H and O–H groups in total. The Morgan fingerprint density at radius 2 is 1.84 bits per heavy atom. The van der Waals surface area contributed by atoms with E-state index in [0.717, 1.165) is 16.4 Å². The average molecular weight is 460 g/mol. The van der Waals surface area contributed by atoms with Gasteiger partial charge in [-0.2, -0.15) is 0 Å². The predicted molar refractivity (Wildman–Crippen MR) is 103 cm³/mol. The summed E-state index contributed by atoms with van der Waals surface area (Å²) in [6, 6.07) is 3.19. The summed E-state index contributed by atoms with van der Waals surface area (Å²) >= 11 is 2.09. The number of hydrogen-bond acceptors (Lipinski definition) is 3. The molecule has 0 bridgehead atoms. The van der Waals surface area contributed by atoms with Crippen molar-refractivity contribution in [2.24, 2.45) is 17.8 Å². The van der Waals surface area contributed by atoms with Gasteiger partial charge in [-0.1, -0.05) is 13.8 Å². The molecule has 0 aliphatic heterocycles. The molecule has 138 valence electrons. The van der Waals surface area contributed by atoms with Gasteiger partial charge in [-0.3, -0.25) is 4.79 Å². The normalized spacial score (nSPS) is 18.3. The molecule has 2 fully saturated rings. The Kier molecular flexibility index (Phi) is 6.23. The summed E-state index contributed by atoms with van der Waals surface area (Å²) in [5.41, 5.74) is 0.403. The SMILES string of the molecule is CC(C)CC(C(=O)OCC1CC1)c1cc(OCC2CC2)c(I)cc1F. The average Bonchev–Trinajstić information content (AvgIpc) is 3.44. The molecule has 1 aromatic carbocycles. The highest BCUT2D eigenvalue weighted by Crippen LogP contribution is 2.36. The molecule has 1 unspecified atom stereocenters. The summed E-state index contributed by atoms with van der Waals surface area (Å²) < 4.78 is 26.7. The Morgan fingerprint density at radius 1 is 1.20 bits per heavy atom. The standard InChI is InChI=1S/C20H26FIO3/c1-12(2)7-16(20(23)25-11-14-5-6-14)15-8-19(18(22)9-17(15)21)24-10-13-3-4-13/h8-9,12-14,16H,3-7,10-11H2,1-2H3. The van der Waals surface area contributed by atoms with Crippen molar-refractivity contribution < 1.29 is 18.7 Å². The molecule has 0 spiro atoms. The van der Waals surface area contributed by atoms with Gasteiger partial charge in [0.05, 0.1) is 22.7 Å². The van der Waals surface area contributed by atoms with Crippen molar-refractivity contribution in [1.29, 1.82) is 0 Å². The molecular weight excluding hydrogens is 434 g/mol. The van der Waals surface area contributed by atoms with E-state index >= 15 is 0 Å². The summed E-state index contributed by atoms with van der Waals surface area (Å²) in [4.78, 5) is 12.6. The molecule has 0 aromatic heterocycles. The van der Waals surface area contributed by atoms with E-state index in [4.69, 9.17) is 9.47 Å². The lowest BCUT2D eigenvalue weighted by Gasteiger charge is -2.20. The largest absolute Gasteiger partial charge is 0.492 e. The Hall–Kier alpha value is -0.850. The van der Waals surface area contributed by atoms with Crippen molar-refractivity contribution in [1.82, 2.24) is 0 Å². The van der Waals surface area contributed by atoms with E-state index in [-0.39, 0.29) is 17.7 Å². The van der Waals surface area contributed by atoms with Crippen LogP contribution >= 0.6 is 22.6 Å². The van der Waals surface area contributed by atoms with Crippen LogP contribution in [0.25, 0.3) is 0 Å². The molecule has 1 aromatic rings. The van der Waals surface area contributed by atoms with Crippen LogP contribution in [0.3, 0.4) is 0 Å². The molecule has 3 rings (SSSR count). The van der Waals surface area contributed by atoms with Gasteiger partial charge >= 0.3 is 5.97 Å². The van der Waals surface area contributed by atoms with Gasteiger partial charge in [-0.05, 0) is 84.6 Å². The van der Waals surface area contributed by atoms with Gasteiger partial charge in [-0.15, -0.1) is 0 Å². The van der Waals surface area contributed by atoms with E-state index in [9.17, 15) is 9.18 Å². The first-order chi connectivity index (χ1) is 11.9. The Morgan fingerprint density at radius 3 is 2.44 bits per heavy atom. The second kappa shape index (κ2) is 8.23. The van der Waals surface area contributed by atoms with Gasteiger partial charge in [0.25, 0.3) is 0 Å². The molecule has 2 aliphatic carbocycles. The van der Waals surface area contributed by atoms with Crippen LogP contribution in [-0.4, -0.2) is 19.2 Å². The fraction of sp³-hybridized carbons (Fsp3) is 0.650. The van der Waals surface area contributed by atoms with Crippen LogP contribution in [0, 0.1) is 27.1 Å². The summed E-state index contributed by atoms with van der Waals surface area (Å²) in [6.07, 6.45) is 5.23. The van der Waals surface area contributed by atoms with E-state index in [2.05, 4.69) is 22.6 Å². The Bertz CT molecular complexity index is 624. The van der Waals surface area contributed by atoms with E-state index in [0.29, 0.717) is 42.8 Å². The number of esters is 1. The van der Waals surface area contributed by atoms with Crippen LogP contribution in [0.4, 0.5) is 4.39 Å². The fourth-order valence-corrected chi connectivity index (χ4v) is 3.41. The molecular formula is C20H26FIO3. The zero-order valence-corrected chi connectivity index (χ0v) is 17.1. The predicted octanol–water partition coefficient (Wildman–Crippen LogP) is 5.30. The van der Waals surface area contributed by atoms with Crippen LogP contribution in [0.1, 0.15) is 57.4 Å². The lowest BCUT2D eigenvalue weighted by Crippen LogP contribution is -2.20. The molecule has 2 aliphatic rings. The van der Waals surface area contributed by atoms with E-state index in [1.165, 1.54) is 18.9 Å². The van der Waals surface area contributed by atoms with Gasteiger partial charge in [0.15, 0.2) is 0 Å². The minimum Gasteiger partial charge on any atom is -0.492 e. The number of rotatable bonds is 9. The first-order valence-corrected chi connectivity index (χ1v) is 10.3. The lowest BCUT2D eigenvalue weighted by atomic mass is 9.90. The van der Waals surface area contributed by atoms with Crippen molar-refractivity contribution in [3.8, 4) is 5.75 Å². The van der Waals surface area contributed by atoms with E-state index in [1.807, 2.05) is 13.8 Å². The van der Waals surface area contributed by atoms with Crippen molar-refractivity contribution in [3.05, 3.63) is 27.1 Å². The third-order valence-electron chi connectivity index (χ3n) is 4.75. The number of carbonyl (C=O) groups is 1.